The molecule has 9 heteroatoms. The molecular weight excluding hydrogens is 274 g/mol. The third kappa shape index (κ3) is 2.18. The molecule has 13 N–H and O–H groups in total. The summed E-state index contributed by atoms with van der Waals surface area (Å²) < 4.78 is 0. The first-order valence-electron chi connectivity index (χ1n) is 6.05. The van der Waals surface area contributed by atoms with Gasteiger partial charge < -0.3 is 34.4 Å². The van der Waals surface area contributed by atoms with E-state index in [0.29, 0.717) is 0 Å². The summed E-state index contributed by atoms with van der Waals surface area (Å²) in [6.45, 7) is 0. The largest absolute Gasteiger partial charge is 0.401 e. The van der Waals surface area contributed by atoms with Gasteiger partial charge in [-0.3, -0.25) is 15.0 Å². The fourth-order valence-electron chi connectivity index (χ4n) is 2.43. The Kier molecular flexibility index (Phi) is 3.11. The Labute approximate surface area is 120 Å². The number of rotatable bonds is 1. The Morgan fingerprint density at radius 3 is 1.95 bits per heavy atom. The summed E-state index contributed by atoms with van der Waals surface area (Å²) in [4.78, 5) is 23.9. The zero-order chi connectivity index (χ0) is 16.1. The number of Topliss-reactive ketones (excluding diaryl/α,β-unsaturated/α-hetero) is 2. The molecule has 0 spiro atoms. The van der Waals surface area contributed by atoms with Crippen molar-refractivity contribution >= 4 is 17.3 Å². The van der Waals surface area contributed by atoms with Crippen LogP contribution < -0.4 is 34.4 Å². The molecule has 0 amide bonds. The van der Waals surface area contributed by atoms with Gasteiger partial charge in [-0.1, -0.05) is 0 Å². The lowest BCUT2D eigenvalue weighted by Gasteiger charge is -2.32. The van der Waals surface area contributed by atoms with E-state index in [4.69, 9.17) is 39.8 Å². The summed E-state index contributed by atoms with van der Waals surface area (Å²) in [6, 6.07) is 0. The van der Waals surface area contributed by atoms with Gasteiger partial charge in [-0.15, -0.1) is 0 Å². The van der Waals surface area contributed by atoms with Crippen LogP contribution in [-0.4, -0.2) is 22.9 Å². The van der Waals surface area contributed by atoms with Crippen LogP contribution >= 0.6 is 0 Å². The molecule has 0 bridgehead atoms. The van der Waals surface area contributed by atoms with Crippen molar-refractivity contribution in [1.82, 2.24) is 0 Å². The van der Waals surface area contributed by atoms with Crippen LogP contribution in [0.25, 0.3) is 0 Å². The van der Waals surface area contributed by atoms with Crippen molar-refractivity contribution in [2.75, 3.05) is 0 Å². The van der Waals surface area contributed by atoms with E-state index in [9.17, 15) is 9.59 Å². The summed E-state index contributed by atoms with van der Waals surface area (Å²) in [6.07, 6.45) is -0.104. The molecule has 0 aromatic rings. The van der Waals surface area contributed by atoms with Gasteiger partial charge in [-0.2, -0.15) is 0 Å². The minimum absolute atomic E-state index is 0.00935. The first-order valence-corrected chi connectivity index (χ1v) is 6.05. The minimum Gasteiger partial charge on any atom is -0.401 e. The number of allylic oxidation sites excluding steroid dienone is 3. The summed E-state index contributed by atoms with van der Waals surface area (Å²) in [7, 11) is 0. The highest BCUT2D eigenvalue weighted by molar-refractivity contribution is 6.51. The van der Waals surface area contributed by atoms with Crippen molar-refractivity contribution in [2.45, 2.75) is 18.5 Å². The van der Waals surface area contributed by atoms with E-state index in [0.717, 1.165) is 0 Å². The highest BCUT2D eigenvalue weighted by atomic mass is 16.1. The van der Waals surface area contributed by atoms with Crippen molar-refractivity contribution in [2.24, 2.45) is 34.4 Å². The molecule has 0 heterocycles. The van der Waals surface area contributed by atoms with E-state index in [1.165, 1.54) is 0 Å². The molecule has 21 heavy (non-hydrogen) atoms. The Balaban J connectivity index is 2.68. The van der Waals surface area contributed by atoms with Gasteiger partial charge >= 0.3 is 0 Å². The van der Waals surface area contributed by atoms with Crippen molar-refractivity contribution in [1.29, 1.82) is 5.41 Å². The SMILES string of the molecule is N=C1C(=O)C(N)=C(N)C(C2=C(N)CC(N)(N)CC2=O)=C1N. The molecule has 0 saturated carbocycles. The number of nitrogens with two attached hydrogens (primary N) is 6. The summed E-state index contributed by atoms with van der Waals surface area (Å²) in [5.41, 5.74) is 32.0. The van der Waals surface area contributed by atoms with E-state index in [1.54, 1.807) is 0 Å². The molecule has 0 aromatic carbocycles. The van der Waals surface area contributed by atoms with Gasteiger partial charge in [0.15, 0.2) is 5.78 Å². The lowest BCUT2D eigenvalue weighted by molar-refractivity contribution is -0.117. The lowest BCUT2D eigenvalue weighted by Crippen LogP contribution is -2.54. The second kappa shape index (κ2) is 4.43. The maximum Gasteiger partial charge on any atom is 0.230 e. The van der Waals surface area contributed by atoms with E-state index >= 15 is 0 Å². The van der Waals surface area contributed by atoms with Crippen LogP contribution in [0.15, 0.2) is 33.9 Å². The number of ketones is 2. The van der Waals surface area contributed by atoms with Gasteiger partial charge in [0.1, 0.15) is 11.4 Å². The van der Waals surface area contributed by atoms with Crippen LogP contribution in [0.3, 0.4) is 0 Å². The van der Waals surface area contributed by atoms with Crippen LogP contribution in [0, 0.1) is 5.41 Å². The van der Waals surface area contributed by atoms with Gasteiger partial charge in [0.2, 0.25) is 5.78 Å². The average molecular weight is 291 g/mol. The summed E-state index contributed by atoms with van der Waals surface area (Å²) >= 11 is 0. The molecule has 0 saturated heterocycles. The van der Waals surface area contributed by atoms with Crippen LogP contribution in [0.2, 0.25) is 0 Å². The van der Waals surface area contributed by atoms with E-state index in [2.05, 4.69) is 0 Å². The zero-order valence-electron chi connectivity index (χ0n) is 11.2. The van der Waals surface area contributed by atoms with E-state index in [-0.39, 0.29) is 46.8 Å². The van der Waals surface area contributed by atoms with Gasteiger partial charge in [0.25, 0.3) is 0 Å². The third-order valence-corrected chi connectivity index (χ3v) is 3.43. The lowest BCUT2D eigenvalue weighted by atomic mass is 9.80. The third-order valence-electron chi connectivity index (χ3n) is 3.43. The molecule has 2 rings (SSSR count). The topological polar surface area (TPSA) is 214 Å². The molecular formula is C12H17N7O2. The molecule has 9 nitrogen and oxygen atoms in total. The molecule has 0 unspecified atom stereocenters. The number of hydrogen-bond acceptors (Lipinski definition) is 9. The van der Waals surface area contributed by atoms with Gasteiger partial charge in [0, 0.05) is 29.7 Å². The monoisotopic (exact) mass is 291 g/mol. The highest BCUT2D eigenvalue weighted by Crippen LogP contribution is 2.33. The number of carbonyl (C=O) groups is 2. The fraction of sp³-hybridized carbons (Fsp3) is 0.250. The molecule has 2 aliphatic rings. The van der Waals surface area contributed by atoms with Crippen molar-refractivity contribution in [3.8, 4) is 0 Å². The summed E-state index contributed by atoms with van der Waals surface area (Å²) in [5.74, 6) is -1.25. The Bertz CT molecular complexity index is 682. The molecule has 2 aliphatic carbocycles. The molecule has 0 fully saturated rings. The Morgan fingerprint density at radius 1 is 0.857 bits per heavy atom. The smallest absolute Gasteiger partial charge is 0.230 e. The average Bonchev–Trinajstić information content (AvgIpc) is 2.36. The van der Waals surface area contributed by atoms with Crippen LogP contribution in [0.1, 0.15) is 12.8 Å². The van der Waals surface area contributed by atoms with E-state index < -0.39 is 22.9 Å². The minimum atomic E-state index is -1.25. The maximum atomic E-state index is 12.2. The first-order chi connectivity index (χ1) is 9.57. The zero-order valence-corrected chi connectivity index (χ0v) is 11.2. The predicted octanol–water partition coefficient (Wildman–Crippen LogP) is -2.88. The quantitative estimate of drug-likeness (QED) is 0.196. The number of nitrogens with one attached hydrogen (secondary N) is 1. The van der Waals surface area contributed by atoms with Gasteiger partial charge in [-0.05, 0) is 0 Å². The van der Waals surface area contributed by atoms with E-state index in [1.807, 2.05) is 0 Å². The molecule has 0 aromatic heterocycles. The second-order valence-corrected chi connectivity index (χ2v) is 5.23. The highest BCUT2D eigenvalue weighted by Gasteiger charge is 2.39. The van der Waals surface area contributed by atoms with Gasteiger partial charge in [0.05, 0.1) is 17.1 Å². The molecule has 0 atom stereocenters. The fourth-order valence-corrected chi connectivity index (χ4v) is 2.43. The number of carbonyl (C=O) groups excluding carboxylic acids is 2. The maximum absolute atomic E-state index is 12.2. The van der Waals surface area contributed by atoms with Gasteiger partial charge in [-0.25, -0.2) is 0 Å². The summed E-state index contributed by atoms with van der Waals surface area (Å²) in [5, 5.41) is 7.65. The van der Waals surface area contributed by atoms with Crippen molar-refractivity contribution < 1.29 is 9.59 Å². The van der Waals surface area contributed by atoms with Crippen LogP contribution in [0.5, 0.6) is 0 Å². The molecule has 112 valence electrons. The second-order valence-electron chi connectivity index (χ2n) is 5.23. The standard InChI is InChI=1S/C12H17N7O2/c13-3-1-12(18,19)2-4(20)5(3)6-7(14)9(16)11(21)10(17)8(6)15/h16H,1-2,13-15,17-19H2. The predicted molar refractivity (Wildman–Crippen MR) is 75.9 cm³/mol. The van der Waals surface area contributed by atoms with Crippen molar-refractivity contribution in [3.05, 3.63) is 33.9 Å². The van der Waals surface area contributed by atoms with Crippen LogP contribution in [-0.2, 0) is 9.59 Å². The Hall–Kier alpha value is -2.65. The Morgan fingerprint density at radius 2 is 1.43 bits per heavy atom. The number of hydrogen-bond donors (Lipinski definition) is 7. The van der Waals surface area contributed by atoms with Crippen LogP contribution in [0.4, 0.5) is 0 Å². The molecule has 0 aliphatic heterocycles. The normalized spacial score (nSPS) is 23.2. The molecule has 0 radical (unpaired) electrons. The van der Waals surface area contributed by atoms with Crippen molar-refractivity contribution in [3.63, 3.8) is 0 Å². The first kappa shape index (κ1) is 14.8.